The van der Waals surface area contributed by atoms with E-state index in [4.69, 9.17) is 4.74 Å². The second-order valence-corrected chi connectivity index (χ2v) is 6.45. The summed E-state index contributed by atoms with van der Waals surface area (Å²) in [5, 5.41) is 0. The van der Waals surface area contributed by atoms with Gasteiger partial charge in [0.2, 0.25) is 0 Å². The molecule has 2 aromatic carbocycles. The van der Waals surface area contributed by atoms with Gasteiger partial charge < -0.3 is 9.72 Å². The fourth-order valence-electron chi connectivity index (χ4n) is 3.36. The van der Waals surface area contributed by atoms with E-state index < -0.39 is 0 Å². The second kappa shape index (κ2) is 8.48. The molecule has 4 rings (SSSR count). The summed E-state index contributed by atoms with van der Waals surface area (Å²) in [6.45, 7) is 3.61. The molecule has 1 N–H and O–H groups in total. The van der Waals surface area contributed by atoms with Crippen LogP contribution in [0.5, 0.6) is 0 Å². The third-order valence-electron chi connectivity index (χ3n) is 4.63. The summed E-state index contributed by atoms with van der Waals surface area (Å²) < 4.78 is 5.95. The van der Waals surface area contributed by atoms with Crippen LogP contribution in [-0.4, -0.2) is 40.7 Å². The van der Waals surface area contributed by atoms with Gasteiger partial charge >= 0.3 is 0 Å². The van der Waals surface area contributed by atoms with Gasteiger partial charge in [0.15, 0.2) is 0 Å². The topological polar surface area (TPSA) is 41.2 Å². The number of H-pyrrole nitrogens is 1. The molecule has 1 atom stereocenters. The minimum Gasteiger partial charge on any atom is -0.376 e. The average Bonchev–Trinajstić information content (AvgIpc) is 3.03. The van der Waals surface area contributed by atoms with Crippen LogP contribution in [0.3, 0.4) is 0 Å². The minimum atomic E-state index is 0. The van der Waals surface area contributed by atoms with Crippen LogP contribution in [-0.2, 0) is 17.7 Å². The summed E-state index contributed by atoms with van der Waals surface area (Å²) in [4.78, 5) is 10.6. The van der Waals surface area contributed by atoms with Gasteiger partial charge in [-0.3, -0.25) is 4.90 Å². The second-order valence-electron chi connectivity index (χ2n) is 6.45. The van der Waals surface area contributed by atoms with E-state index in [0.717, 1.165) is 55.9 Å². The molecule has 5 heteroatoms. The third-order valence-corrected chi connectivity index (χ3v) is 4.63. The van der Waals surface area contributed by atoms with Crippen molar-refractivity contribution in [1.29, 1.82) is 0 Å². The number of nitrogens with one attached hydrogen (secondary N) is 1. The highest BCUT2D eigenvalue weighted by Crippen LogP contribution is 2.16. The first-order chi connectivity index (χ1) is 11.9. The van der Waals surface area contributed by atoms with E-state index in [-0.39, 0.29) is 12.4 Å². The molecule has 4 nitrogen and oxygen atoms in total. The first-order valence-corrected chi connectivity index (χ1v) is 8.68. The monoisotopic (exact) mass is 357 g/mol. The molecule has 1 aliphatic heterocycles. The predicted molar refractivity (Wildman–Crippen MR) is 103 cm³/mol. The van der Waals surface area contributed by atoms with Gasteiger partial charge in [-0.1, -0.05) is 42.5 Å². The van der Waals surface area contributed by atoms with E-state index in [1.165, 1.54) is 5.56 Å². The first-order valence-electron chi connectivity index (χ1n) is 8.68. The number of rotatable bonds is 5. The zero-order chi connectivity index (χ0) is 16.2. The Labute approximate surface area is 154 Å². The Morgan fingerprint density at radius 3 is 2.72 bits per heavy atom. The van der Waals surface area contributed by atoms with Gasteiger partial charge in [-0.2, -0.15) is 0 Å². The molecule has 0 spiro atoms. The van der Waals surface area contributed by atoms with Gasteiger partial charge in [0.1, 0.15) is 5.82 Å². The van der Waals surface area contributed by atoms with Crippen molar-refractivity contribution in [3.8, 4) is 0 Å². The van der Waals surface area contributed by atoms with Crippen molar-refractivity contribution >= 4 is 23.4 Å². The number of halogens is 1. The number of aryl methyl sites for hydroxylation is 1. The largest absolute Gasteiger partial charge is 0.376 e. The number of aromatic nitrogens is 2. The van der Waals surface area contributed by atoms with Crippen molar-refractivity contribution in [1.82, 2.24) is 14.9 Å². The predicted octanol–water partition coefficient (Wildman–Crippen LogP) is 3.82. The van der Waals surface area contributed by atoms with E-state index >= 15 is 0 Å². The van der Waals surface area contributed by atoms with Crippen LogP contribution in [0.4, 0.5) is 0 Å². The molecule has 1 fully saturated rings. The van der Waals surface area contributed by atoms with Crippen molar-refractivity contribution in [3.05, 3.63) is 66.0 Å². The van der Waals surface area contributed by atoms with Crippen LogP contribution in [0, 0.1) is 0 Å². The van der Waals surface area contributed by atoms with E-state index in [9.17, 15) is 0 Å². The van der Waals surface area contributed by atoms with Gasteiger partial charge in [0, 0.05) is 13.1 Å². The maximum absolute atomic E-state index is 5.95. The van der Waals surface area contributed by atoms with Gasteiger partial charge in [-0.15, -0.1) is 12.4 Å². The Bertz CT molecular complexity index is 757. The van der Waals surface area contributed by atoms with Gasteiger partial charge in [0.25, 0.3) is 0 Å². The van der Waals surface area contributed by atoms with Crippen molar-refractivity contribution < 1.29 is 4.74 Å². The van der Waals surface area contributed by atoms with Crippen molar-refractivity contribution in [2.24, 2.45) is 0 Å². The number of morpholine rings is 1. The normalized spacial score (nSPS) is 18.2. The van der Waals surface area contributed by atoms with Gasteiger partial charge in [-0.25, -0.2) is 4.98 Å². The van der Waals surface area contributed by atoms with Crippen molar-refractivity contribution in [3.63, 3.8) is 0 Å². The molecule has 0 amide bonds. The van der Waals surface area contributed by atoms with E-state index in [0.29, 0.717) is 6.10 Å². The number of hydrogen-bond donors (Lipinski definition) is 1. The molecular formula is C20H24ClN3O. The molecule has 1 aliphatic rings. The molecule has 0 saturated carbocycles. The standard InChI is InChI=1S/C20H23N3O.ClH/c1-2-6-16(7-3-1)10-11-17-14-23(12-13-24-17)15-20-21-18-8-4-5-9-19(18)22-20;/h1-9,17H,10-15H2,(H,21,22);1H/t17-;/m1./s1. The molecular weight excluding hydrogens is 334 g/mol. The Kier molecular flexibility index (Phi) is 6.08. The summed E-state index contributed by atoms with van der Waals surface area (Å²) in [6.07, 6.45) is 2.45. The van der Waals surface area contributed by atoms with Crippen LogP contribution in [0.2, 0.25) is 0 Å². The summed E-state index contributed by atoms with van der Waals surface area (Å²) >= 11 is 0. The van der Waals surface area contributed by atoms with Crippen LogP contribution in [0.25, 0.3) is 11.0 Å². The molecule has 132 valence electrons. The molecule has 1 aromatic heterocycles. The minimum absolute atomic E-state index is 0. The highest BCUT2D eigenvalue weighted by molar-refractivity contribution is 5.85. The van der Waals surface area contributed by atoms with Crippen LogP contribution in [0.15, 0.2) is 54.6 Å². The Morgan fingerprint density at radius 2 is 1.88 bits per heavy atom. The maximum Gasteiger partial charge on any atom is 0.121 e. The number of hydrogen-bond acceptors (Lipinski definition) is 3. The molecule has 3 aromatic rings. The number of benzene rings is 2. The summed E-state index contributed by atoms with van der Waals surface area (Å²) in [7, 11) is 0. The quantitative estimate of drug-likeness (QED) is 0.754. The lowest BCUT2D eigenvalue weighted by atomic mass is 10.1. The van der Waals surface area contributed by atoms with E-state index in [1.54, 1.807) is 0 Å². The highest BCUT2D eigenvalue weighted by atomic mass is 35.5. The molecule has 0 unspecified atom stereocenters. The maximum atomic E-state index is 5.95. The van der Waals surface area contributed by atoms with E-state index in [1.807, 2.05) is 12.1 Å². The average molecular weight is 358 g/mol. The number of nitrogens with zero attached hydrogens (tertiary/aromatic N) is 2. The molecule has 2 heterocycles. The third kappa shape index (κ3) is 4.60. The number of imidazole rings is 1. The lowest BCUT2D eigenvalue weighted by Crippen LogP contribution is -2.42. The first kappa shape index (κ1) is 17.9. The summed E-state index contributed by atoms with van der Waals surface area (Å²) in [5.74, 6) is 1.04. The van der Waals surface area contributed by atoms with Crippen LogP contribution < -0.4 is 0 Å². The number of para-hydroxylation sites is 2. The number of aromatic amines is 1. The summed E-state index contributed by atoms with van der Waals surface area (Å²) in [5.41, 5.74) is 3.54. The number of ether oxygens (including phenoxy) is 1. The van der Waals surface area contributed by atoms with Crippen molar-refractivity contribution in [2.45, 2.75) is 25.5 Å². The lowest BCUT2D eigenvalue weighted by molar-refractivity contribution is -0.0352. The van der Waals surface area contributed by atoms with E-state index in [2.05, 4.69) is 57.3 Å². The lowest BCUT2D eigenvalue weighted by Gasteiger charge is -2.32. The zero-order valence-electron chi connectivity index (χ0n) is 14.2. The Morgan fingerprint density at radius 1 is 1.08 bits per heavy atom. The van der Waals surface area contributed by atoms with Crippen LogP contribution >= 0.6 is 12.4 Å². The SMILES string of the molecule is Cl.c1ccc(CC[C@@H]2CN(Cc3nc4ccccc4[nH]3)CCO2)cc1. The molecule has 0 bridgehead atoms. The Hall–Kier alpha value is -1.88. The highest BCUT2D eigenvalue weighted by Gasteiger charge is 2.21. The fourth-order valence-corrected chi connectivity index (χ4v) is 3.36. The number of fused-ring (bicyclic) bond motifs is 1. The Balaban J connectivity index is 0.00000182. The van der Waals surface area contributed by atoms with Gasteiger partial charge in [0.05, 0.1) is 30.3 Å². The van der Waals surface area contributed by atoms with Crippen LogP contribution in [0.1, 0.15) is 17.8 Å². The fraction of sp³-hybridized carbons (Fsp3) is 0.350. The van der Waals surface area contributed by atoms with Gasteiger partial charge in [-0.05, 0) is 30.5 Å². The molecule has 0 aliphatic carbocycles. The zero-order valence-corrected chi connectivity index (χ0v) is 15.0. The molecule has 25 heavy (non-hydrogen) atoms. The smallest absolute Gasteiger partial charge is 0.121 e. The van der Waals surface area contributed by atoms with Crippen molar-refractivity contribution in [2.75, 3.05) is 19.7 Å². The molecule has 1 saturated heterocycles. The summed E-state index contributed by atoms with van der Waals surface area (Å²) in [6, 6.07) is 18.8. The molecule has 0 radical (unpaired) electrons.